The molecule has 2 aromatic heterocycles. The smallest absolute Gasteiger partial charge is 0.126 e. The van der Waals surface area contributed by atoms with Gasteiger partial charge in [-0.2, -0.15) is 5.10 Å². The maximum Gasteiger partial charge on any atom is 0.126 e. The van der Waals surface area contributed by atoms with Crippen molar-refractivity contribution in [2.24, 2.45) is 0 Å². The summed E-state index contributed by atoms with van der Waals surface area (Å²) in [5.41, 5.74) is 1.19. The number of rotatable bonds is 5. The van der Waals surface area contributed by atoms with Gasteiger partial charge in [0.1, 0.15) is 5.82 Å². The highest BCUT2D eigenvalue weighted by atomic mass is 79.9. The van der Waals surface area contributed by atoms with E-state index in [9.17, 15) is 0 Å². The van der Waals surface area contributed by atoms with Crippen LogP contribution in [-0.4, -0.2) is 21.3 Å². The summed E-state index contributed by atoms with van der Waals surface area (Å²) in [6, 6.07) is 4.07. The minimum atomic E-state index is 0.759. The van der Waals surface area contributed by atoms with Crippen LogP contribution in [0.5, 0.6) is 0 Å². The number of hydrogen-bond acceptors (Lipinski definition) is 3. The molecule has 0 saturated heterocycles. The highest BCUT2D eigenvalue weighted by molar-refractivity contribution is 9.10. The van der Waals surface area contributed by atoms with Gasteiger partial charge in [0, 0.05) is 18.9 Å². The first-order chi connectivity index (χ1) is 8.28. The second kappa shape index (κ2) is 5.82. The molecule has 90 valence electrons. The largest absolute Gasteiger partial charge is 0.370 e. The SMILES string of the molecule is CCCNc1cc(Cn2cc(Br)cn2)ccn1. The van der Waals surface area contributed by atoms with Crippen LogP contribution in [0.1, 0.15) is 18.9 Å². The first-order valence-electron chi connectivity index (χ1n) is 5.64. The zero-order valence-electron chi connectivity index (χ0n) is 9.73. The molecular weight excluding hydrogens is 280 g/mol. The van der Waals surface area contributed by atoms with Gasteiger partial charge >= 0.3 is 0 Å². The van der Waals surface area contributed by atoms with Crippen LogP contribution in [0, 0.1) is 0 Å². The Kier molecular flexibility index (Phi) is 4.14. The van der Waals surface area contributed by atoms with Crippen molar-refractivity contribution in [3.8, 4) is 0 Å². The van der Waals surface area contributed by atoms with Crippen LogP contribution in [0.3, 0.4) is 0 Å². The molecule has 0 aromatic carbocycles. The molecule has 1 N–H and O–H groups in total. The molecule has 0 bridgehead atoms. The van der Waals surface area contributed by atoms with E-state index < -0.39 is 0 Å². The van der Waals surface area contributed by atoms with Crippen LogP contribution in [0.2, 0.25) is 0 Å². The van der Waals surface area contributed by atoms with E-state index in [0.717, 1.165) is 29.8 Å². The van der Waals surface area contributed by atoms with E-state index >= 15 is 0 Å². The monoisotopic (exact) mass is 294 g/mol. The lowest BCUT2D eigenvalue weighted by molar-refractivity contribution is 0.686. The van der Waals surface area contributed by atoms with E-state index in [-0.39, 0.29) is 0 Å². The molecule has 5 heteroatoms. The summed E-state index contributed by atoms with van der Waals surface area (Å²) in [5, 5.41) is 7.51. The minimum absolute atomic E-state index is 0.759. The van der Waals surface area contributed by atoms with Gasteiger partial charge in [-0.1, -0.05) is 6.92 Å². The Labute approximate surface area is 109 Å². The number of aromatic nitrogens is 3. The van der Waals surface area contributed by atoms with E-state index in [1.807, 2.05) is 23.1 Å². The van der Waals surface area contributed by atoms with Gasteiger partial charge in [0.15, 0.2) is 0 Å². The van der Waals surface area contributed by atoms with Crippen LogP contribution >= 0.6 is 15.9 Å². The first-order valence-corrected chi connectivity index (χ1v) is 6.44. The van der Waals surface area contributed by atoms with Crippen LogP contribution in [0.25, 0.3) is 0 Å². The second-order valence-electron chi connectivity index (χ2n) is 3.83. The Morgan fingerprint density at radius 2 is 2.35 bits per heavy atom. The molecule has 17 heavy (non-hydrogen) atoms. The molecule has 4 nitrogen and oxygen atoms in total. The molecule has 0 fully saturated rings. The van der Waals surface area contributed by atoms with Crippen molar-refractivity contribution >= 4 is 21.7 Å². The van der Waals surface area contributed by atoms with Gasteiger partial charge in [-0.15, -0.1) is 0 Å². The molecule has 0 unspecified atom stereocenters. The van der Waals surface area contributed by atoms with Gasteiger partial charge in [0.05, 0.1) is 17.2 Å². The molecule has 2 aromatic rings. The Bertz CT molecular complexity index is 481. The number of halogens is 1. The summed E-state index contributed by atoms with van der Waals surface area (Å²) in [6.45, 7) is 3.84. The zero-order chi connectivity index (χ0) is 12.1. The van der Waals surface area contributed by atoms with Gasteiger partial charge in [-0.25, -0.2) is 4.98 Å². The lowest BCUT2D eigenvalue weighted by atomic mass is 10.2. The quantitative estimate of drug-likeness (QED) is 0.922. The standard InChI is InChI=1S/C12H15BrN4/c1-2-4-14-12-6-10(3-5-15-12)8-17-9-11(13)7-16-17/h3,5-7,9H,2,4,8H2,1H3,(H,14,15). The fourth-order valence-corrected chi connectivity index (χ4v) is 1.86. The summed E-state index contributed by atoms with van der Waals surface area (Å²) in [7, 11) is 0. The topological polar surface area (TPSA) is 42.7 Å². The third kappa shape index (κ3) is 3.56. The van der Waals surface area contributed by atoms with Gasteiger partial charge in [0.2, 0.25) is 0 Å². The molecule has 0 saturated carbocycles. The molecule has 0 spiro atoms. The summed E-state index contributed by atoms with van der Waals surface area (Å²) >= 11 is 3.39. The lowest BCUT2D eigenvalue weighted by Crippen LogP contribution is -2.04. The molecule has 2 rings (SSSR count). The number of pyridine rings is 1. The van der Waals surface area contributed by atoms with E-state index in [4.69, 9.17) is 0 Å². The number of anilines is 1. The van der Waals surface area contributed by atoms with Crippen LogP contribution in [-0.2, 0) is 6.54 Å². The number of nitrogens with zero attached hydrogens (tertiary/aromatic N) is 3. The van der Waals surface area contributed by atoms with Crippen molar-refractivity contribution in [3.05, 3.63) is 40.8 Å². The van der Waals surface area contributed by atoms with Crippen molar-refractivity contribution < 1.29 is 0 Å². The lowest BCUT2D eigenvalue weighted by Gasteiger charge is -2.06. The fraction of sp³-hybridized carbons (Fsp3) is 0.333. The van der Waals surface area contributed by atoms with Crippen molar-refractivity contribution in [3.63, 3.8) is 0 Å². The van der Waals surface area contributed by atoms with E-state index in [0.29, 0.717) is 0 Å². The first kappa shape index (κ1) is 12.1. The fourth-order valence-electron chi connectivity index (χ4n) is 1.53. The van der Waals surface area contributed by atoms with Gasteiger partial charge < -0.3 is 5.32 Å². The predicted octanol–water partition coefficient (Wildman–Crippen LogP) is 2.91. The van der Waals surface area contributed by atoms with E-state index in [1.54, 1.807) is 6.20 Å². The van der Waals surface area contributed by atoms with Gasteiger partial charge in [0.25, 0.3) is 0 Å². The molecule has 0 aliphatic heterocycles. The summed E-state index contributed by atoms with van der Waals surface area (Å²) in [5.74, 6) is 0.926. The van der Waals surface area contributed by atoms with Gasteiger partial charge in [-0.05, 0) is 40.0 Å². The highest BCUT2D eigenvalue weighted by Gasteiger charge is 1.99. The molecule has 0 aliphatic carbocycles. The average molecular weight is 295 g/mol. The third-order valence-corrected chi connectivity index (χ3v) is 2.74. The Morgan fingerprint density at radius 3 is 3.06 bits per heavy atom. The molecule has 0 amide bonds. The molecule has 0 aliphatic rings. The van der Waals surface area contributed by atoms with Crippen LogP contribution in [0.4, 0.5) is 5.82 Å². The Morgan fingerprint density at radius 1 is 1.47 bits per heavy atom. The minimum Gasteiger partial charge on any atom is -0.370 e. The van der Waals surface area contributed by atoms with E-state index in [2.05, 4.69) is 44.3 Å². The maximum atomic E-state index is 4.27. The molecule has 2 heterocycles. The van der Waals surface area contributed by atoms with Crippen LogP contribution < -0.4 is 5.32 Å². The van der Waals surface area contributed by atoms with Crippen molar-refractivity contribution in [2.45, 2.75) is 19.9 Å². The molecule has 0 radical (unpaired) electrons. The number of hydrogen-bond donors (Lipinski definition) is 1. The number of nitrogens with one attached hydrogen (secondary N) is 1. The average Bonchev–Trinajstić information content (AvgIpc) is 2.73. The molecule has 0 atom stereocenters. The maximum absolute atomic E-state index is 4.27. The van der Waals surface area contributed by atoms with Crippen molar-refractivity contribution in [1.82, 2.24) is 14.8 Å². The van der Waals surface area contributed by atoms with Crippen LogP contribution in [0.15, 0.2) is 35.2 Å². The van der Waals surface area contributed by atoms with Gasteiger partial charge in [-0.3, -0.25) is 4.68 Å². The van der Waals surface area contributed by atoms with E-state index in [1.165, 1.54) is 5.56 Å². The predicted molar refractivity (Wildman–Crippen MR) is 72.0 cm³/mol. The summed E-state index contributed by atoms with van der Waals surface area (Å²) in [4.78, 5) is 4.27. The summed E-state index contributed by atoms with van der Waals surface area (Å²) in [6.07, 6.45) is 6.67. The third-order valence-electron chi connectivity index (χ3n) is 2.33. The Hall–Kier alpha value is -1.36. The van der Waals surface area contributed by atoms with Crippen molar-refractivity contribution in [1.29, 1.82) is 0 Å². The van der Waals surface area contributed by atoms with Crippen molar-refractivity contribution in [2.75, 3.05) is 11.9 Å². The molecular formula is C12H15BrN4. The Balaban J connectivity index is 2.05. The highest BCUT2D eigenvalue weighted by Crippen LogP contribution is 2.11. The normalized spacial score (nSPS) is 10.5. The second-order valence-corrected chi connectivity index (χ2v) is 4.75. The zero-order valence-corrected chi connectivity index (χ0v) is 11.3. The summed E-state index contributed by atoms with van der Waals surface area (Å²) < 4.78 is 2.89.